The quantitative estimate of drug-likeness (QED) is 0.761. The number of carbonyl (C=O) groups excluding carboxylic acids is 1. The van der Waals surface area contributed by atoms with Crippen molar-refractivity contribution in [1.29, 1.82) is 0 Å². The summed E-state index contributed by atoms with van der Waals surface area (Å²) in [5, 5.41) is 13.5. The van der Waals surface area contributed by atoms with Crippen molar-refractivity contribution in [3.8, 4) is 0 Å². The lowest BCUT2D eigenvalue weighted by Crippen LogP contribution is -2.35. The summed E-state index contributed by atoms with van der Waals surface area (Å²) in [5.74, 6) is 0.0313. The van der Waals surface area contributed by atoms with E-state index >= 15 is 0 Å². The lowest BCUT2D eigenvalue weighted by Gasteiger charge is -2.13. The van der Waals surface area contributed by atoms with E-state index in [1.165, 1.54) is 6.33 Å². The van der Waals surface area contributed by atoms with Crippen LogP contribution in [0.5, 0.6) is 0 Å². The second kappa shape index (κ2) is 5.95. The average molecular weight is 248 g/mol. The smallest absolute Gasteiger partial charge is 0.220 e. The normalized spacial score (nSPS) is 12.3. The Bertz CT molecular complexity index is 464. The van der Waals surface area contributed by atoms with E-state index in [9.17, 15) is 4.79 Å². The van der Waals surface area contributed by atoms with Crippen LogP contribution in [0.3, 0.4) is 0 Å². The minimum Gasteiger partial charge on any atom is -0.352 e. The van der Waals surface area contributed by atoms with Crippen LogP contribution in [0.15, 0.2) is 25.0 Å². The van der Waals surface area contributed by atoms with E-state index < -0.39 is 0 Å². The molecule has 2 N–H and O–H groups in total. The van der Waals surface area contributed by atoms with Crippen molar-refractivity contribution >= 4 is 5.91 Å². The molecule has 1 atom stereocenters. The topological polar surface area (TPSA) is 88.5 Å². The Balaban J connectivity index is 1.70. The molecule has 0 saturated carbocycles. The number of aromatic amines is 1. The van der Waals surface area contributed by atoms with E-state index in [-0.39, 0.29) is 11.9 Å². The Morgan fingerprint density at radius 3 is 3.17 bits per heavy atom. The zero-order valence-electron chi connectivity index (χ0n) is 10.2. The van der Waals surface area contributed by atoms with Crippen LogP contribution in [-0.4, -0.2) is 36.9 Å². The molecule has 18 heavy (non-hydrogen) atoms. The third kappa shape index (κ3) is 3.69. The number of aryl methyl sites for hydroxylation is 1. The van der Waals surface area contributed by atoms with Crippen LogP contribution in [0.2, 0.25) is 0 Å². The second-order valence-electron chi connectivity index (χ2n) is 4.19. The Kier molecular flexibility index (Phi) is 4.06. The maximum atomic E-state index is 11.7. The molecule has 0 aliphatic carbocycles. The van der Waals surface area contributed by atoms with Crippen LogP contribution in [0.1, 0.15) is 18.9 Å². The molecular weight excluding hydrogens is 232 g/mol. The van der Waals surface area contributed by atoms with Gasteiger partial charge in [0.1, 0.15) is 12.7 Å². The second-order valence-corrected chi connectivity index (χ2v) is 4.19. The predicted octanol–water partition coefficient (Wildman–Crippen LogP) is 0.139. The Labute approximate surface area is 105 Å². The SMILES string of the molecule is CC(Cn1cncn1)NC(=O)CCc1cn[nH]c1. The van der Waals surface area contributed by atoms with Crippen molar-refractivity contribution in [1.82, 2.24) is 30.3 Å². The molecule has 0 aliphatic rings. The van der Waals surface area contributed by atoms with Gasteiger partial charge in [0.25, 0.3) is 0 Å². The van der Waals surface area contributed by atoms with E-state index in [0.717, 1.165) is 5.56 Å². The first kappa shape index (κ1) is 12.3. The van der Waals surface area contributed by atoms with E-state index in [1.54, 1.807) is 23.4 Å². The molecule has 2 aromatic rings. The Morgan fingerprint density at radius 2 is 2.50 bits per heavy atom. The molecule has 96 valence electrons. The lowest BCUT2D eigenvalue weighted by molar-refractivity contribution is -0.121. The molecule has 2 rings (SSSR count). The van der Waals surface area contributed by atoms with E-state index in [0.29, 0.717) is 19.4 Å². The van der Waals surface area contributed by atoms with Crippen molar-refractivity contribution in [3.05, 3.63) is 30.6 Å². The molecule has 2 heterocycles. The standard InChI is InChI=1S/C11H16N6O/c1-9(6-17-8-12-7-15-17)16-11(18)3-2-10-4-13-14-5-10/h4-5,7-9H,2-3,6H2,1H3,(H,13,14)(H,16,18). The number of H-pyrrole nitrogens is 1. The lowest BCUT2D eigenvalue weighted by atomic mass is 10.2. The van der Waals surface area contributed by atoms with Crippen LogP contribution in [0.25, 0.3) is 0 Å². The van der Waals surface area contributed by atoms with Crippen LogP contribution in [0.4, 0.5) is 0 Å². The number of aromatic nitrogens is 5. The van der Waals surface area contributed by atoms with Gasteiger partial charge in [0.05, 0.1) is 12.7 Å². The number of rotatable bonds is 6. The van der Waals surface area contributed by atoms with Crippen molar-refractivity contribution < 1.29 is 4.79 Å². The molecule has 2 aromatic heterocycles. The van der Waals surface area contributed by atoms with Gasteiger partial charge in [-0.2, -0.15) is 10.2 Å². The summed E-state index contributed by atoms with van der Waals surface area (Å²) >= 11 is 0. The van der Waals surface area contributed by atoms with E-state index in [2.05, 4.69) is 25.6 Å². The Hall–Kier alpha value is -2.18. The fourth-order valence-corrected chi connectivity index (χ4v) is 1.67. The average Bonchev–Trinajstić information content (AvgIpc) is 2.98. The maximum Gasteiger partial charge on any atom is 0.220 e. The summed E-state index contributed by atoms with van der Waals surface area (Å²) in [7, 11) is 0. The number of hydrogen-bond acceptors (Lipinski definition) is 4. The maximum absolute atomic E-state index is 11.7. The van der Waals surface area contributed by atoms with E-state index in [1.807, 2.05) is 6.92 Å². The van der Waals surface area contributed by atoms with Gasteiger partial charge in [0.15, 0.2) is 0 Å². The number of nitrogens with one attached hydrogen (secondary N) is 2. The summed E-state index contributed by atoms with van der Waals surface area (Å²) < 4.78 is 1.70. The van der Waals surface area contributed by atoms with Crippen LogP contribution < -0.4 is 5.32 Å². The van der Waals surface area contributed by atoms with Crippen LogP contribution >= 0.6 is 0 Å². The fourth-order valence-electron chi connectivity index (χ4n) is 1.67. The van der Waals surface area contributed by atoms with E-state index in [4.69, 9.17) is 0 Å². The molecule has 7 nitrogen and oxygen atoms in total. The number of nitrogens with zero attached hydrogens (tertiary/aromatic N) is 4. The molecule has 0 aliphatic heterocycles. The van der Waals surface area contributed by atoms with Crippen molar-refractivity contribution in [2.75, 3.05) is 0 Å². The van der Waals surface area contributed by atoms with Crippen molar-refractivity contribution in [2.24, 2.45) is 0 Å². The molecule has 0 fully saturated rings. The zero-order valence-corrected chi connectivity index (χ0v) is 10.2. The minimum absolute atomic E-state index is 0.0311. The molecule has 0 aromatic carbocycles. The molecule has 0 saturated heterocycles. The van der Waals surface area contributed by atoms with Crippen molar-refractivity contribution in [2.45, 2.75) is 32.4 Å². The summed E-state index contributed by atoms with van der Waals surface area (Å²) in [4.78, 5) is 15.5. The highest BCUT2D eigenvalue weighted by molar-refractivity contribution is 5.76. The third-order valence-electron chi connectivity index (χ3n) is 2.53. The summed E-state index contributed by atoms with van der Waals surface area (Å²) in [6.07, 6.45) is 7.79. The number of amides is 1. The number of carbonyl (C=O) groups is 1. The van der Waals surface area contributed by atoms with Gasteiger partial charge < -0.3 is 5.32 Å². The predicted molar refractivity (Wildman–Crippen MR) is 64.5 cm³/mol. The first-order valence-electron chi connectivity index (χ1n) is 5.83. The summed E-state index contributed by atoms with van der Waals surface area (Å²) in [5.41, 5.74) is 1.04. The highest BCUT2D eigenvalue weighted by Gasteiger charge is 2.08. The highest BCUT2D eigenvalue weighted by Crippen LogP contribution is 1.99. The van der Waals surface area contributed by atoms with Gasteiger partial charge in [0, 0.05) is 18.7 Å². The van der Waals surface area contributed by atoms with Gasteiger partial charge in [-0.3, -0.25) is 14.6 Å². The van der Waals surface area contributed by atoms with Gasteiger partial charge in [-0.1, -0.05) is 0 Å². The Morgan fingerprint density at radius 1 is 1.61 bits per heavy atom. The number of hydrogen-bond donors (Lipinski definition) is 2. The molecule has 0 radical (unpaired) electrons. The van der Waals surface area contributed by atoms with Crippen LogP contribution in [0, 0.1) is 0 Å². The monoisotopic (exact) mass is 248 g/mol. The first-order valence-corrected chi connectivity index (χ1v) is 5.83. The first-order chi connectivity index (χ1) is 8.74. The molecular formula is C11H16N6O. The third-order valence-corrected chi connectivity index (χ3v) is 2.53. The van der Waals surface area contributed by atoms with Gasteiger partial charge in [-0.25, -0.2) is 4.98 Å². The molecule has 1 unspecified atom stereocenters. The van der Waals surface area contributed by atoms with Crippen LogP contribution in [-0.2, 0) is 17.8 Å². The summed E-state index contributed by atoms with van der Waals surface area (Å²) in [6, 6.07) is 0.0311. The molecule has 1 amide bonds. The molecule has 7 heteroatoms. The molecule has 0 bridgehead atoms. The van der Waals surface area contributed by atoms with Gasteiger partial charge in [-0.05, 0) is 18.9 Å². The summed E-state index contributed by atoms with van der Waals surface area (Å²) in [6.45, 7) is 2.56. The van der Waals surface area contributed by atoms with Gasteiger partial charge >= 0.3 is 0 Å². The fraction of sp³-hybridized carbons (Fsp3) is 0.455. The largest absolute Gasteiger partial charge is 0.352 e. The van der Waals surface area contributed by atoms with Gasteiger partial charge in [-0.15, -0.1) is 0 Å². The minimum atomic E-state index is 0.0311. The highest BCUT2D eigenvalue weighted by atomic mass is 16.1. The van der Waals surface area contributed by atoms with Gasteiger partial charge in [0.2, 0.25) is 5.91 Å². The zero-order chi connectivity index (χ0) is 12.8. The molecule has 0 spiro atoms. The van der Waals surface area contributed by atoms with Crippen molar-refractivity contribution in [3.63, 3.8) is 0 Å².